The maximum atomic E-state index is 10.4. The highest BCUT2D eigenvalue weighted by molar-refractivity contribution is 6.26. The molecule has 0 aromatic carbocycles. The summed E-state index contributed by atoms with van der Waals surface area (Å²) >= 11 is 10.7. The first-order chi connectivity index (χ1) is 4.66. The Balaban J connectivity index is 3.12. The fraction of sp³-hybridized carbons (Fsp3) is 0.833. The van der Waals surface area contributed by atoms with Gasteiger partial charge in [0, 0.05) is 5.38 Å². The maximum Gasteiger partial charge on any atom is 0.320 e. The number of carbonyl (C=O) groups excluding carboxylic acids is 1. The molecule has 0 radical (unpaired) electrons. The van der Waals surface area contributed by atoms with Crippen molar-refractivity contribution in [1.82, 2.24) is 0 Å². The largest absolute Gasteiger partial charge is 0.465 e. The molecule has 2 nitrogen and oxygen atoms in total. The minimum atomic E-state index is -0.390. The second kappa shape index (κ2) is 5.81. The van der Waals surface area contributed by atoms with Crippen molar-refractivity contribution < 1.29 is 9.53 Å². The molecule has 60 valence electrons. The summed E-state index contributed by atoms with van der Waals surface area (Å²) in [4.78, 5) is 10.4. The molecular weight excluding hydrogens is 175 g/mol. The van der Waals surface area contributed by atoms with Crippen LogP contribution in [-0.4, -0.2) is 23.8 Å². The highest BCUT2D eigenvalue weighted by atomic mass is 35.5. The molecule has 0 saturated heterocycles. The molecule has 0 bridgehead atoms. The Morgan fingerprint density at radius 1 is 1.70 bits per heavy atom. The molecule has 0 amide bonds. The highest BCUT2D eigenvalue weighted by Gasteiger charge is 2.00. The Morgan fingerprint density at radius 3 is 2.70 bits per heavy atom. The van der Waals surface area contributed by atoms with E-state index in [4.69, 9.17) is 23.2 Å². The van der Waals surface area contributed by atoms with Gasteiger partial charge < -0.3 is 4.74 Å². The van der Waals surface area contributed by atoms with Crippen molar-refractivity contribution in [3.63, 3.8) is 0 Å². The van der Waals surface area contributed by atoms with Crippen LogP contribution in [0.4, 0.5) is 0 Å². The predicted octanol–water partition coefficient (Wildman–Crippen LogP) is 1.79. The monoisotopic (exact) mass is 184 g/mol. The molecule has 0 N–H and O–H groups in total. The third-order valence-electron chi connectivity index (χ3n) is 0.888. The fourth-order valence-electron chi connectivity index (χ4n) is 0.374. The zero-order chi connectivity index (χ0) is 7.98. The van der Waals surface area contributed by atoms with Crippen molar-refractivity contribution in [2.24, 2.45) is 0 Å². The van der Waals surface area contributed by atoms with Crippen molar-refractivity contribution in [1.29, 1.82) is 0 Å². The van der Waals surface area contributed by atoms with Crippen LogP contribution in [-0.2, 0) is 9.53 Å². The van der Waals surface area contributed by atoms with Gasteiger partial charge >= 0.3 is 5.97 Å². The lowest BCUT2D eigenvalue weighted by Gasteiger charge is -2.02. The maximum absolute atomic E-state index is 10.4. The lowest BCUT2D eigenvalue weighted by molar-refractivity contribution is -0.140. The van der Waals surface area contributed by atoms with Gasteiger partial charge in [-0.1, -0.05) is 0 Å². The Morgan fingerprint density at radius 2 is 2.30 bits per heavy atom. The van der Waals surface area contributed by atoms with E-state index in [2.05, 4.69) is 4.74 Å². The molecule has 0 rings (SSSR count). The number of rotatable bonds is 4. The standard InChI is InChI=1S/C6H10Cl2O2/c1-5(8)2-3-10-6(9)4-7/h5H,2-4H2,1H3. The van der Waals surface area contributed by atoms with Gasteiger partial charge in [-0.3, -0.25) is 4.79 Å². The summed E-state index contributed by atoms with van der Waals surface area (Å²) in [5, 5.41) is 0.0446. The lowest BCUT2D eigenvalue weighted by atomic mass is 10.3. The van der Waals surface area contributed by atoms with Crippen LogP contribution in [0.3, 0.4) is 0 Å². The second-order valence-corrected chi connectivity index (χ2v) is 2.94. The van der Waals surface area contributed by atoms with Gasteiger partial charge in [-0.15, -0.1) is 23.2 Å². The average molecular weight is 185 g/mol. The zero-order valence-electron chi connectivity index (χ0n) is 5.77. The summed E-state index contributed by atoms with van der Waals surface area (Å²) in [7, 11) is 0. The average Bonchev–Trinajstić information content (AvgIpc) is 1.87. The van der Waals surface area contributed by atoms with Crippen LogP contribution in [0.5, 0.6) is 0 Å². The van der Waals surface area contributed by atoms with Gasteiger partial charge in [-0.2, -0.15) is 0 Å². The Hall–Kier alpha value is 0.0500. The van der Waals surface area contributed by atoms with Crippen molar-refractivity contribution in [2.45, 2.75) is 18.7 Å². The van der Waals surface area contributed by atoms with E-state index in [1.165, 1.54) is 0 Å². The van der Waals surface area contributed by atoms with Crippen molar-refractivity contribution >= 4 is 29.2 Å². The zero-order valence-corrected chi connectivity index (χ0v) is 7.28. The van der Waals surface area contributed by atoms with E-state index in [1.54, 1.807) is 0 Å². The van der Waals surface area contributed by atoms with Crippen molar-refractivity contribution in [3.8, 4) is 0 Å². The minimum absolute atomic E-state index is 0.0446. The number of hydrogen-bond acceptors (Lipinski definition) is 2. The molecule has 0 spiro atoms. The van der Waals surface area contributed by atoms with E-state index in [-0.39, 0.29) is 17.2 Å². The molecule has 0 saturated carbocycles. The minimum Gasteiger partial charge on any atom is -0.465 e. The van der Waals surface area contributed by atoms with Crippen molar-refractivity contribution in [3.05, 3.63) is 0 Å². The number of ether oxygens (including phenoxy) is 1. The first-order valence-corrected chi connectivity index (χ1v) is 3.99. The molecule has 0 heterocycles. The number of carbonyl (C=O) groups is 1. The number of esters is 1. The Bertz CT molecular complexity index is 104. The van der Waals surface area contributed by atoms with Gasteiger partial charge in [0.25, 0.3) is 0 Å². The molecule has 0 aliphatic carbocycles. The Labute approximate surface area is 70.4 Å². The van der Waals surface area contributed by atoms with Crippen LogP contribution >= 0.6 is 23.2 Å². The summed E-state index contributed by atoms with van der Waals surface area (Å²) in [5.74, 6) is -0.476. The van der Waals surface area contributed by atoms with E-state index in [0.717, 1.165) is 0 Å². The van der Waals surface area contributed by atoms with Crippen molar-refractivity contribution in [2.75, 3.05) is 12.5 Å². The van der Waals surface area contributed by atoms with E-state index in [9.17, 15) is 4.79 Å². The number of halogens is 2. The fourth-order valence-corrected chi connectivity index (χ4v) is 0.540. The van der Waals surface area contributed by atoms with Crippen LogP contribution in [0.15, 0.2) is 0 Å². The lowest BCUT2D eigenvalue weighted by Crippen LogP contribution is -2.09. The van der Waals surface area contributed by atoms with E-state index in [1.807, 2.05) is 6.92 Å². The predicted molar refractivity (Wildman–Crippen MR) is 41.6 cm³/mol. The summed E-state index contributed by atoms with van der Waals surface area (Å²) in [6.07, 6.45) is 0.671. The molecule has 10 heavy (non-hydrogen) atoms. The molecular formula is C6H10Cl2O2. The van der Waals surface area contributed by atoms with E-state index >= 15 is 0 Å². The molecule has 0 aliphatic heterocycles. The molecule has 1 unspecified atom stereocenters. The van der Waals surface area contributed by atoms with E-state index in [0.29, 0.717) is 13.0 Å². The van der Waals surface area contributed by atoms with Crippen LogP contribution in [0.1, 0.15) is 13.3 Å². The summed E-state index contributed by atoms with van der Waals surface area (Å²) < 4.78 is 4.65. The number of alkyl halides is 2. The van der Waals surface area contributed by atoms with Crippen LogP contribution in [0.2, 0.25) is 0 Å². The SMILES string of the molecule is CC(Cl)CCOC(=O)CCl. The van der Waals surface area contributed by atoms with Gasteiger partial charge in [0.2, 0.25) is 0 Å². The number of hydrogen-bond donors (Lipinski definition) is 0. The normalized spacial score (nSPS) is 12.7. The molecule has 4 heteroatoms. The van der Waals surface area contributed by atoms with Gasteiger partial charge in [0.15, 0.2) is 0 Å². The first kappa shape index (κ1) is 10.0. The second-order valence-electron chi connectivity index (χ2n) is 1.92. The summed E-state index contributed by atoms with van der Waals surface area (Å²) in [6, 6.07) is 0. The van der Waals surface area contributed by atoms with Gasteiger partial charge in [0.1, 0.15) is 5.88 Å². The molecule has 0 aliphatic rings. The molecule has 0 aromatic rings. The smallest absolute Gasteiger partial charge is 0.320 e. The highest BCUT2D eigenvalue weighted by Crippen LogP contribution is 1.99. The summed E-state index contributed by atoms with van der Waals surface area (Å²) in [5.41, 5.74) is 0. The van der Waals surface area contributed by atoms with Gasteiger partial charge in [-0.05, 0) is 13.3 Å². The van der Waals surface area contributed by atoms with Crippen LogP contribution < -0.4 is 0 Å². The van der Waals surface area contributed by atoms with Gasteiger partial charge in [0.05, 0.1) is 6.61 Å². The topological polar surface area (TPSA) is 26.3 Å². The molecule has 0 fully saturated rings. The summed E-state index contributed by atoms with van der Waals surface area (Å²) in [6.45, 7) is 2.20. The third kappa shape index (κ3) is 6.17. The van der Waals surface area contributed by atoms with Crippen LogP contribution in [0.25, 0.3) is 0 Å². The first-order valence-electron chi connectivity index (χ1n) is 3.02. The molecule has 0 aromatic heterocycles. The third-order valence-corrected chi connectivity index (χ3v) is 1.32. The Kier molecular flexibility index (Phi) is 5.84. The van der Waals surface area contributed by atoms with Gasteiger partial charge in [-0.25, -0.2) is 0 Å². The van der Waals surface area contributed by atoms with Crippen LogP contribution in [0, 0.1) is 0 Å². The van der Waals surface area contributed by atoms with E-state index < -0.39 is 0 Å². The molecule has 1 atom stereocenters. The quantitative estimate of drug-likeness (QED) is 0.493.